The maximum atomic E-state index is 17.2. The molecule has 5 heterocycles. The van der Waals surface area contributed by atoms with Gasteiger partial charge in [-0.1, -0.05) is 35.9 Å². The molecular weight excluding hydrogens is 953 g/mol. The van der Waals surface area contributed by atoms with Crippen LogP contribution in [0, 0.1) is 5.82 Å². The highest BCUT2D eigenvalue weighted by Crippen LogP contribution is 2.43. The Kier molecular flexibility index (Phi) is 14.8. The molecule has 0 bridgehead atoms. The van der Waals surface area contributed by atoms with Gasteiger partial charge in [-0.2, -0.15) is 9.97 Å². The number of carbonyl (C=O) groups is 5. The lowest BCUT2D eigenvalue weighted by molar-refractivity contribution is -0.136. The molecular formula is C52H57ClFN7O11. The van der Waals surface area contributed by atoms with Gasteiger partial charge in [-0.25, -0.2) is 9.18 Å². The Morgan fingerprint density at radius 2 is 1.60 bits per heavy atom. The number of likely N-dealkylation sites (tertiary alicyclic amines) is 1. The Labute approximate surface area is 420 Å². The van der Waals surface area contributed by atoms with Gasteiger partial charge in [-0.3, -0.25) is 34.3 Å². The number of aromatic hydroxyl groups is 1. The van der Waals surface area contributed by atoms with E-state index < -0.39 is 47.2 Å². The molecule has 4 aliphatic heterocycles. The maximum Gasteiger partial charge on any atom is 0.410 e. The van der Waals surface area contributed by atoms with Gasteiger partial charge in [-0.05, 0) is 99.7 Å². The molecule has 0 spiro atoms. The van der Waals surface area contributed by atoms with E-state index in [0.29, 0.717) is 73.8 Å². The summed E-state index contributed by atoms with van der Waals surface area (Å²) in [5, 5.41) is 14.8. The minimum absolute atomic E-state index is 0.00614. The number of hydrogen-bond acceptors (Lipinski definition) is 15. The third-order valence-electron chi connectivity index (χ3n) is 13.0. The molecule has 72 heavy (non-hydrogen) atoms. The fourth-order valence-electron chi connectivity index (χ4n) is 9.60. The number of rotatable bonds is 15. The summed E-state index contributed by atoms with van der Waals surface area (Å²) in [7, 11) is 0. The molecule has 380 valence electrons. The third-order valence-corrected chi connectivity index (χ3v) is 13.3. The molecule has 3 fully saturated rings. The van der Waals surface area contributed by atoms with Crippen molar-refractivity contribution >= 4 is 68.8 Å². The number of amides is 5. The maximum absolute atomic E-state index is 17.2. The Morgan fingerprint density at radius 1 is 0.861 bits per heavy atom. The number of piperidine rings is 2. The van der Waals surface area contributed by atoms with Crippen molar-refractivity contribution in [2.75, 3.05) is 77.1 Å². The smallest absolute Gasteiger partial charge is 0.410 e. The molecule has 0 radical (unpaired) electrons. The van der Waals surface area contributed by atoms with Crippen LogP contribution < -0.4 is 19.7 Å². The Balaban J connectivity index is 0.776. The van der Waals surface area contributed by atoms with Crippen molar-refractivity contribution in [2.24, 2.45) is 0 Å². The number of benzene rings is 4. The number of aromatic nitrogens is 2. The van der Waals surface area contributed by atoms with Crippen LogP contribution in [0.2, 0.25) is 5.02 Å². The van der Waals surface area contributed by atoms with Crippen molar-refractivity contribution in [2.45, 2.75) is 77.2 Å². The molecule has 0 aliphatic carbocycles. The summed E-state index contributed by atoms with van der Waals surface area (Å²) >= 11 is 6.94. The predicted octanol–water partition coefficient (Wildman–Crippen LogP) is 6.75. The lowest BCUT2D eigenvalue weighted by Crippen LogP contribution is -2.54. The van der Waals surface area contributed by atoms with Gasteiger partial charge in [0.1, 0.15) is 47.2 Å². The number of phenolic OH excluding ortho intramolecular Hbond substituents is 1. The van der Waals surface area contributed by atoms with Gasteiger partial charge in [0.25, 0.3) is 11.8 Å². The van der Waals surface area contributed by atoms with Crippen LogP contribution in [0.25, 0.3) is 32.8 Å². The molecule has 5 amide bonds. The van der Waals surface area contributed by atoms with E-state index in [1.54, 1.807) is 23.1 Å². The first-order chi connectivity index (χ1) is 34.5. The van der Waals surface area contributed by atoms with E-state index in [1.165, 1.54) is 18.2 Å². The van der Waals surface area contributed by atoms with Gasteiger partial charge in [0.2, 0.25) is 11.8 Å². The van der Waals surface area contributed by atoms with Gasteiger partial charge < -0.3 is 38.6 Å². The molecule has 2 atom stereocenters. The summed E-state index contributed by atoms with van der Waals surface area (Å²) < 4.78 is 46.8. The van der Waals surface area contributed by atoms with Crippen LogP contribution in [-0.4, -0.2) is 156 Å². The van der Waals surface area contributed by atoms with E-state index in [1.807, 2.05) is 56.9 Å². The zero-order valence-corrected chi connectivity index (χ0v) is 41.3. The second kappa shape index (κ2) is 21.2. The van der Waals surface area contributed by atoms with Gasteiger partial charge >= 0.3 is 12.1 Å². The van der Waals surface area contributed by atoms with Crippen LogP contribution in [0.1, 0.15) is 74.1 Å². The minimum atomic E-state index is -1.04. The molecule has 18 nitrogen and oxygen atoms in total. The van der Waals surface area contributed by atoms with Crippen LogP contribution in [0.4, 0.5) is 15.0 Å². The average Bonchev–Trinajstić information content (AvgIpc) is 3.58. The predicted molar refractivity (Wildman–Crippen MR) is 264 cm³/mol. The highest BCUT2D eigenvalue weighted by molar-refractivity contribution is 6.35. The monoisotopic (exact) mass is 1010 g/mol. The number of piperazine rings is 1. The summed E-state index contributed by atoms with van der Waals surface area (Å²) in [6.07, 6.45) is 0.951. The van der Waals surface area contributed by atoms with Gasteiger partial charge in [-0.15, -0.1) is 0 Å². The second-order valence-corrected chi connectivity index (χ2v) is 19.8. The first-order valence-corrected chi connectivity index (χ1v) is 24.6. The largest absolute Gasteiger partial charge is 0.508 e. The summed E-state index contributed by atoms with van der Waals surface area (Å²) in [4.78, 5) is 79.3. The number of carbonyl (C=O) groups excluding carboxylic acids is 5. The number of imide groups is 2. The van der Waals surface area contributed by atoms with Crippen molar-refractivity contribution in [1.29, 1.82) is 0 Å². The molecule has 2 N–H and O–H groups in total. The Morgan fingerprint density at radius 3 is 2.35 bits per heavy atom. The van der Waals surface area contributed by atoms with E-state index in [9.17, 15) is 29.1 Å². The fourth-order valence-corrected chi connectivity index (χ4v) is 9.90. The van der Waals surface area contributed by atoms with Crippen molar-refractivity contribution in [3.05, 3.63) is 82.6 Å². The third kappa shape index (κ3) is 11.0. The number of phenols is 1. The highest BCUT2D eigenvalue weighted by Gasteiger charge is 2.45. The normalized spacial score (nSPS) is 18.5. The Hall–Kier alpha value is -6.67. The lowest BCUT2D eigenvalue weighted by atomic mass is 9.96. The van der Waals surface area contributed by atoms with Crippen LogP contribution in [0.5, 0.6) is 17.5 Å². The van der Waals surface area contributed by atoms with E-state index >= 15 is 4.39 Å². The van der Waals surface area contributed by atoms with Gasteiger partial charge in [0.05, 0.1) is 42.1 Å². The molecule has 1 unspecified atom stereocenters. The Bertz CT molecular complexity index is 2920. The summed E-state index contributed by atoms with van der Waals surface area (Å²) in [5.41, 5.74) is 0.186. The summed E-state index contributed by atoms with van der Waals surface area (Å²) in [5.74, 6) is -2.21. The quantitative estimate of drug-likeness (QED) is 0.0823. The molecule has 20 heteroatoms. The van der Waals surface area contributed by atoms with Crippen molar-refractivity contribution in [3.63, 3.8) is 0 Å². The van der Waals surface area contributed by atoms with Gasteiger partial charge in [0, 0.05) is 63.2 Å². The molecule has 4 aliphatic rings. The van der Waals surface area contributed by atoms with Gasteiger partial charge in [0.15, 0.2) is 5.82 Å². The van der Waals surface area contributed by atoms with Crippen molar-refractivity contribution < 1.29 is 57.2 Å². The number of nitrogens with zero attached hydrogens (tertiary/aromatic N) is 6. The number of halogens is 2. The molecule has 0 saturated carbocycles. The second-order valence-electron chi connectivity index (χ2n) is 19.4. The van der Waals surface area contributed by atoms with Crippen LogP contribution in [0.15, 0.2) is 60.7 Å². The van der Waals surface area contributed by atoms with E-state index in [2.05, 4.69) is 15.2 Å². The standard InChI is InChI=1S/C52H57ClFN7O11/c1-30(29-58-15-13-33(14-16-58)69-23-21-68-22-24-70-34-9-10-36-38(27-34)49(66)61(48(36)65)41-11-12-42(63)55-47(41)64)71-50-56-45-39(46(57-50)59-17-19-60(20-18-59)51(67)72-52(2,3)4)28-40(53)43(44(45)54)37-26-32(62)25-31-7-5-6-8-35(31)37/h5-10,25-28,30,33,41,62H,11-24,29H2,1-4H3,(H,55,63,64)/t30-,41?/m1/s1. The first-order valence-electron chi connectivity index (χ1n) is 24.2. The number of nitrogens with one attached hydrogen (secondary N) is 1. The zero-order chi connectivity index (χ0) is 50.8. The number of hydrogen-bond donors (Lipinski definition) is 2. The highest BCUT2D eigenvalue weighted by atomic mass is 35.5. The molecule has 5 aromatic rings. The molecule has 3 saturated heterocycles. The van der Waals surface area contributed by atoms with Crippen LogP contribution in [0.3, 0.4) is 0 Å². The van der Waals surface area contributed by atoms with Crippen molar-refractivity contribution in [3.8, 4) is 28.6 Å². The average molecular weight is 1010 g/mol. The number of ether oxygens (including phenoxy) is 5. The number of fused-ring (bicyclic) bond motifs is 3. The van der Waals surface area contributed by atoms with Crippen LogP contribution in [-0.2, 0) is 23.8 Å². The van der Waals surface area contributed by atoms with E-state index in [-0.39, 0.29) is 77.3 Å². The summed E-state index contributed by atoms with van der Waals surface area (Å²) in [6.45, 7) is 12.1. The summed E-state index contributed by atoms with van der Waals surface area (Å²) in [6, 6.07) is 15.6. The SMILES string of the molecule is C[C@H](CN1CCC(OCCOCCOc2ccc3c(c2)C(=O)N(C2CCC(=O)NC2=O)C3=O)CC1)Oc1nc(N2CCN(C(=O)OC(C)(C)C)CC2)c2cc(Cl)c(-c3cc(O)cc4ccccc34)c(F)c2n1. The van der Waals surface area contributed by atoms with Crippen molar-refractivity contribution in [1.82, 2.24) is 30.0 Å². The van der Waals surface area contributed by atoms with Crippen LogP contribution >= 0.6 is 11.6 Å². The molecule has 9 rings (SSSR count). The molecule has 1 aromatic heterocycles. The topological polar surface area (TPSA) is 202 Å². The van der Waals surface area contributed by atoms with E-state index in [4.69, 9.17) is 40.3 Å². The zero-order valence-electron chi connectivity index (χ0n) is 40.6. The number of anilines is 1. The molecule has 4 aromatic carbocycles. The minimum Gasteiger partial charge on any atom is -0.508 e. The first kappa shape index (κ1) is 50.3. The lowest BCUT2D eigenvalue weighted by Gasteiger charge is -2.36. The van der Waals surface area contributed by atoms with E-state index in [0.717, 1.165) is 36.2 Å². The fraction of sp³-hybridized carbons (Fsp3) is 0.442.